The number of rotatable bonds is 11. The minimum absolute atomic E-state index is 0.00381. The van der Waals surface area contributed by atoms with Crippen molar-refractivity contribution in [1.82, 2.24) is 15.5 Å². The van der Waals surface area contributed by atoms with E-state index in [1.807, 2.05) is 6.20 Å². The minimum Gasteiger partial charge on any atom is -0.497 e. The molecule has 4 atom stereocenters. The average Bonchev–Trinajstić information content (AvgIpc) is 3.62. The number of carbonyl (C=O) groups excluding carboxylic acids is 2. The van der Waals surface area contributed by atoms with Gasteiger partial charge < -0.3 is 19.7 Å². The van der Waals surface area contributed by atoms with Gasteiger partial charge in [0.25, 0.3) is 15.9 Å². The molecule has 0 radical (unpaired) electrons. The number of nitrogens with zero attached hydrogens (tertiary/aromatic N) is 2. The fraction of sp³-hybridized carbons (Fsp3) is 0.405. The number of methoxy groups -OCH3 is 2. The number of halogens is 4. The molecule has 2 heterocycles. The van der Waals surface area contributed by atoms with Gasteiger partial charge in [-0.05, 0) is 79.1 Å². The van der Waals surface area contributed by atoms with Crippen molar-refractivity contribution >= 4 is 39.1 Å². The Labute approximate surface area is 306 Å². The number of nitrogens with one attached hydrogen (secondary N) is 2. The molecule has 6 rings (SSSR count). The molecule has 1 saturated carbocycles. The first kappa shape index (κ1) is 37.5. The third-order valence-electron chi connectivity index (χ3n) is 10.1. The normalized spacial score (nSPS) is 21.9. The van der Waals surface area contributed by atoms with E-state index in [1.165, 1.54) is 43.4 Å². The average molecular weight is 761 g/mol. The number of fused-ring (bicyclic) bond motifs is 2. The topological polar surface area (TPSA) is 117 Å². The summed E-state index contributed by atoms with van der Waals surface area (Å²) in [6.07, 6.45) is -0.257. The Morgan fingerprint density at radius 1 is 1.06 bits per heavy atom. The molecule has 2 unspecified atom stereocenters. The van der Waals surface area contributed by atoms with Crippen molar-refractivity contribution in [3.63, 3.8) is 0 Å². The second kappa shape index (κ2) is 14.3. The van der Waals surface area contributed by atoms with Crippen LogP contribution in [-0.4, -0.2) is 71.7 Å². The largest absolute Gasteiger partial charge is 0.497 e. The van der Waals surface area contributed by atoms with Crippen molar-refractivity contribution in [3.8, 4) is 11.5 Å². The molecule has 0 aromatic heterocycles. The summed E-state index contributed by atoms with van der Waals surface area (Å²) >= 11 is 6.56. The molecule has 2 aliphatic heterocycles. The summed E-state index contributed by atoms with van der Waals surface area (Å²) < 4.78 is 82.4. The first-order valence-electron chi connectivity index (χ1n) is 16.8. The van der Waals surface area contributed by atoms with Crippen molar-refractivity contribution in [2.75, 3.05) is 32.6 Å². The SMILES string of the molecule is COc1ccc(S(=O)(=O)N2C(=O)C(N[C@@H](CC3=CN[C@H]4CCCCC34)C(=O)N(C)C)(c3ccccc3OC)c3cc(Cl)ccc32)c(CC(F)(F)F)c1. The Morgan fingerprint density at radius 3 is 2.48 bits per heavy atom. The molecule has 1 fully saturated rings. The number of para-hydroxylation sites is 1. The van der Waals surface area contributed by atoms with E-state index in [2.05, 4.69) is 10.6 Å². The van der Waals surface area contributed by atoms with Gasteiger partial charge in [0.15, 0.2) is 5.54 Å². The minimum atomic E-state index is -5.06. The highest BCUT2D eigenvalue weighted by atomic mass is 35.5. The maximum atomic E-state index is 15.4. The van der Waals surface area contributed by atoms with E-state index in [4.69, 9.17) is 21.1 Å². The van der Waals surface area contributed by atoms with Crippen LogP contribution in [0.5, 0.6) is 11.5 Å². The van der Waals surface area contributed by atoms with Crippen LogP contribution in [0.2, 0.25) is 5.02 Å². The summed E-state index contributed by atoms with van der Waals surface area (Å²) in [5, 5.41) is 6.92. The molecule has 52 heavy (non-hydrogen) atoms. The van der Waals surface area contributed by atoms with Crippen molar-refractivity contribution in [3.05, 3.63) is 94.1 Å². The van der Waals surface area contributed by atoms with Gasteiger partial charge in [-0.2, -0.15) is 13.2 Å². The van der Waals surface area contributed by atoms with Crippen molar-refractivity contribution in [1.29, 1.82) is 0 Å². The highest BCUT2D eigenvalue weighted by Gasteiger charge is 2.59. The van der Waals surface area contributed by atoms with Crippen LogP contribution in [0.4, 0.5) is 18.9 Å². The van der Waals surface area contributed by atoms with E-state index in [1.54, 1.807) is 38.4 Å². The number of likely N-dealkylation sites (N-methyl/N-ethyl adjacent to an activating group) is 1. The van der Waals surface area contributed by atoms with Crippen molar-refractivity contribution < 1.29 is 40.7 Å². The van der Waals surface area contributed by atoms with Gasteiger partial charge in [-0.3, -0.25) is 14.9 Å². The van der Waals surface area contributed by atoms with Crippen LogP contribution in [0.3, 0.4) is 0 Å². The maximum Gasteiger partial charge on any atom is 0.393 e. The fourth-order valence-electron chi connectivity index (χ4n) is 7.73. The summed E-state index contributed by atoms with van der Waals surface area (Å²) in [5.74, 6) is -1.08. The van der Waals surface area contributed by atoms with Gasteiger partial charge in [-0.1, -0.05) is 42.6 Å². The van der Waals surface area contributed by atoms with E-state index >= 15 is 4.79 Å². The third kappa shape index (κ3) is 6.71. The van der Waals surface area contributed by atoms with Crippen LogP contribution in [0, 0.1) is 5.92 Å². The lowest BCUT2D eigenvalue weighted by molar-refractivity contribution is -0.132. The molecular weight excluding hydrogens is 721 g/mol. The number of hydrogen-bond acceptors (Lipinski definition) is 8. The smallest absolute Gasteiger partial charge is 0.393 e. The molecule has 278 valence electrons. The molecule has 2 amide bonds. The lowest BCUT2D eigenvalue weighted by atomic mass is 9.79. The summed E-state index contributed by atoms with van der Waals surface area (Å²) in [6.45, 7) is 0. The van der Waals surface area contributed by atoms with Crippen molar-refractivity contribution in [2.45, 2.75) is 67.2 Å². The number of ether oxygens (including phenoxy) is 2. The molecule has 10 nitrogen and oxygen atoms in total. The fourth-order valence-corrected chi connectivity index (χ4v) is 9.58. The van der Waals surface area contributed by atoms with Gasteiger partial charge in [0, 0.05) is 42.2 Å². The van der Waals surface area contributed by atoms with E-state index < -0.39 is 50.6 Å². The van der Waals surface area contributed by atoms with E-state index in [0.717, 1.165) is 43.4 Å². The monoisotopic (exact) mass is 760 g/mol. The van der Waals surface area contributed by atoms with Gasteiger partial charge in [0.05, 0.1) is 37.3 Å². The van der Waals surface area contributed by atoms with Gasteiger partial charge in [-0.15, -0.1) is 0 Å². The maximum absolute atomic E-state index is 15.4. The Hall–Kier alpha value is -4.27. The van der Waals surface area contributed by atoms with Gasteiger partial charge in [0.2, 0.25) is 5.91 Å². The van der Waals surface area contributed by atoms with Gasteiger partial charge in [-0.25, -0.2) is 12.7 Å². The summed E-state index contributed by atoms with van der Waals surface area (Å²) in [5.41, 5.74) is -1.63. The van der Waals surface area contributed by atoms with E-state index in [0.29, 0.717) is 4.31 Å². The number of sulfonamides is 1. The summed E-state index contributed by atoms with van der Waals surface area (Å²) in [4.78, 5) is 30.2. The van der Waals surface area contributed by atoms with Crippen LogP contribution in [-0.2, 0) is 31.6 Å². The number of hydrogen-bond donors (Lipinski definition) is 2. The Kier molecular flexibility index (Phi) is 10.3. The second-order valence-corrected chi connectivity index (χ2v) is 15.7. The molecule has 15 heteroatoms. The second-order valence-electron chi connectivity index (χ2n) is 13.5. The number of alkyl halides is 3. The number of benzene rings is 3. The summed E-state index contributed by atoms with van der Waals surface area (Å²) in [6, 6.07) is 13.0. The van der Waals surface area contributed by atoms with Crippen LogP contribution in [0.25, 0.3) is 0 Å². The standard InChI is InChI=1S/C37H40ClF3N4O6S/c1-44(2)34(46)30(18-23-21-42-29-11-7-5-9-26(23)29)43-37(27-10-6-8-12-32(27)51-4)28-19-24(38)13-15-31(28)45(35(37)47)52(48,49)33-16-14-25(50-3)17-22(33)20-36(39,40)41/h6,8,10,12-17,19,21,26,29-30,42-43H,5,7,9,11,18,20H2,1-4H3/t26?,29-,30-,37?/m0/s1. The third-order valence-corrected chi connectivity index (χ3v) is 12.1. The zero-order chi connectivity index (χ0) is 37.6. The predicted molar refractivity (Wildman–Crippen MR) is 190 cm³/mol. The van der Waals surface area contributed by atoms with Gasteiger partial charge >= 0.3 is 6.18 Å². The first-order chi connectivity index (χ1) is 24.6. The molecule has 1 aliphatic carbocycles. The molecule has 3 aromatic rings. The first-order valence-corrected chi connectivity index (χ1v) is 18.6. The van der Waals surface area contributed by atoms with Crippen LogP contribution >= 0.6 is 11.6 Å². The molecule has 2 N–H and O–H groups in total. The molecular formula is C37H40ClF3N4O6S. The quantitative estimate of drug-likeness (QED) is 0.248. The number of amides is 2. The Morgan fingerprint density at radius 2 is 1.79 bits per heavy atom. The zero-order valence-electron chi connectivity index (χ0n) is 29.1. The van der Waals surface area contributed by atoms with E-state index in [9.17, 15) is 26.4 Å². The molecule has 3 aliphatic rings. The number of anilines is 1. The highest BCUT2D eigenvalue weighted by Crippen LogP contribution is 2.51. The lowest BCUT2D eigenvalue weighted by Gasteiger charge is -2.37. The molecule has 0 spiro atoms. The highest BCUT2D eigenvalue weighted by molar-refractivity contribution is 7.93. The number of carbonyl (C=O) groups is 2. The van der Waals surface area contributed by atoms with Crippen molar-refractivity contribution in [2.24, 2.45) is 5.92 Å². The van der Waals surface area contributed by atoms with Crippen LogP contribution in [0.15, 0.2) is 77.3 Å². The Bertz CT molecular complexity index is 2020. The Balaban J connectivity index is 1.57. The van der Waals surface area contributed by atoms with Gasteiger partial charge in [0.1, 0.15) is 11.5 Å². The molecule has 0 saturated heterocycles. The molecule has 0 bridgehead atoms. The zero-order valence-corrected chi connectivity index (χ0v) is 30.7. The van der Waals surface area contributed by atoms with E-state index in [-0.39, 0.29) is 57.6 Å². The summed E-state index contributed by atoms with van der Waals surface area (Å²) in [7, 11) is 0.741. The van der Waals surface area contributed by atoms with Crippen LogP contribution < -0.4 is 24.4 Å². The predicted octanol–water partition coefficient (Wildman–Crippen LogP) is 5.92. The molecule has 3 aromatic carbocycles. The lowest BCUT2D eigenvalue weighted by Crippen LogP contribution is -2.59. The van der Waals surface area contributed by atoms with Crippen LogP contribution in [0.1, 0.15) is 48.8 Å².